The molecule has 166 valence electrons. The molecule has 5 nitrogen and oxygen atoms in total. The molecule has 1 atom stereocenters. The van der Waals surface area contributed by atoms with Crippen molar-refractivity contribution in [2.45, 2.75) is 6.04 Å². The van der Waals surface area contributed by atoms with Gasteiger partial charge in [-0.1, -0.05) is 54.1 Å². The first-order valence-corrected chi connectivity index (χ1v) is 11.2. The van der Waals surface area contributed by atoms with Crippen molar-refractivity contribution in [2.24, 2.45) is 0 Å². The number of ether oxygens (including phenoxy) is 1. The maximum atomic E-state index is 12.5. The van der Waals surface area contributed by atoms with Crippen LogP contribution >= 0.6 is 11.6 Å². The van der Waals surface area contributed by atoms with E-state index in [1.54, 1.807) is 7.11 Å². The molecule has 1 saturated heterocycles. The third-order valence-electron chi connectivity index (χ3n) is 5.81. The molecule has 0 saturated carbocycles. The molecule has 3 aromatic rings. The summed E-state index contributed by atoms with van der Waals surface area (Å²) in [5.41, 5.74) is 3.27. The fourth-order valence-corrected chi connectivity index (χ4v) is 4.28. The van der Waals surface area contributed by atoms with Gasteiger partial charge in [0.25, 0.3) is 0 Å². The summed E-state index contributed by atoms with van der Waals surface area (Å²) >= 11 is 6.12. The van der Waals surface area contributed by atoms with Crippen molar-refractivity contribution in [3.05, 3.63) is 95.0 Å². The van der Waals surface area contributed by atoms with Gasteiger partial charge in [-0.25, -0.2) is 0 Å². The SMILES string of the molecule is COc1ccc(NC(=O)CN2CCN(C(c3ccccc3)c3ccc(Cl)cc3)CC2)cc1. The van der Waals surface area contributed by atoms with E-state index in [1.165, 1.54) is 11.1 Å². The number of carbonyl (C=O) groups is 1. The summed E-state index contributed by atoms with van der Waals surface area (Å²) in [5.74, 6) is 0.772. The molecule has 6 heteroatoms. The zero-order valence-electron chi connectivity index (χ0n) is 18.2. The fourth-order valence-electron chi connectivity index (χ4n) is 4.15. The Balaban J connectivity index is 1.37. The van der Waals surface area contributed by atoms with Gasteiger partial charge in [-0.3, -0.25) is 14.6 Å². The molecule has 0 bridgehead atoms. The molecule has 1 aliphatic heterocycles. The fraction of sp³-hybridized carbons (Fsp3) is 0.269. The third-order valence-corrected chi connectivity index (χ3v) is 6.07. The lowest BCUT2D eigenvalue weighted by Gasteiger charge is -2.39. The van der Waals surface area contributed by atoms with Crippen LogP contribution in [0.25, 0.3) is 0 Å². The van der Waals surface area contributed by atoms with Gasteiger partial charge in [0.05, 0.1) is 19.7 Å². The van der Waals surface area contributed by atoms with Crippen molar-refractivity contribution in [1.29, 1.82) is 0 Å². The van der Waals surface area contributed by atoms with Gasteiger partial charge in [-0.2, -0.15) is 0 Å². The van der Waals surface area contributed by atoms with Crippen LogP contribution in [0.4, 0.5) is 5.69 Å². The number of methoxy groups -OCH3 is 1. The Morgan fingerprint density at radius 1 is 0.906 bits per heavy atom. The highest BCUT2D eigenvalue weighted by Gasteiger charge is 2.27. The standard InChI is InChI=1S/C26H28ClN3O2/c1-32-24-13-11-23(12-14-24)28-25(31)19-29-15-17-30(18-16-29)26(20-5-3-2-4-6-20)21-7-9-22(27)10-8-21/h2-14,26H,15-19H2,1H3,(H,28,31). The van der Waals surface area contributed by atoms with Gasteiger partial charge in [0.15, 0.2) is 0 Å². The van der Waals surface area contributed by atoms with Gasteiger partial charge in [0.2, 0.25) is 5.91 Å². The van der Waals surface area contributed by atoms with E-state index < -0.39 is 0 Å². The minimum atomic E-state index is 0.000859. The van der Waals surface area contributed by atoms with Gasteiger partial charge in [-0.15, -0.1) is 0 Å². The first-order valence-electron chi connectivity index (χ1n) is 10.8. The van der Waals surface area contributed by atoms with E-state index in [-0.39, 0.29) is 11.9 Å². The number of benzene rings is 3. The van der Waals surface area contributed by atoms with Gasteiger partial charge in [0, 0.05) is 36.9 Å². The van der Waals surface area contributed by atoms with Crippen LogP contribution in [-0.4, -0.2) is 55.5 Å². The first-order chi connectivity index (χ1) is 15.6. The normalized spacial score (nSPS) is 15.8. The summed E-state index contributed by atoms with van der Waals surface area (Å²) < 4.78 is 5.16. The molecule has 1 unspecified atom stereocenters. The second kappa shape index (κ2) is 10.6. The third kappa shape index (κ3) is 5.68. The summed E-state index contributed by atoms with van der Waals surface area (Å²) in [7, 11) is 1.63. The summed E-state index contributed by atoms with van der Waals surface area (Å²) in [6, 6.07) is 26.2. The molecule has 1 fully saturated rings. The Labute approximate surface area is 194 Å². The number of hydrogen-bond donors (Lipinski definition) is 1. The van der Waals surface area contributed by atoms with Gasteiger partial charge >= 0.3 is 0 Å². The van der Waals surface area contributed by atoms with Crippen LogP contribution in [0.15, 0.2) is 78.9 Å². The molecular formula is C26H28ClN3O2. The van der Waals surface area contributed by atoms with Crippen molar-refractivity contribution < 1.29 is 9.53 Å². The van der Waals surface area contributed by atoms with Crippen molar-refractivity contribution >= 4 is 23.2 Å². The Bertz CT molecular complexity index is 1000. The lowest BCUT2D eigenvalue weighted by molar-refractivity contribution is -0.117. The number of halogens is 1. The quantitative estimate of drug-likeness (QED) is 0.568. The Kier molecular flexibility index (Phi) is 7.43. The number of anilines is 1. The summed E-state index contributed by atoms with van der Waals surface area (Å²) in [6.07, 6.45) is 0. The predicted octanol–water partition coefficient (Wildman–Crippen LogP) is 4.69. The number of nitrogens with zero attached hydrogens (tertiary/aromatic N) is 2. The van der Waals surface area contributed by atoms with Crippen molar-refractivity contribution in [3.8, 4) is 5.75 Å². The zero-order chi connectivity index (χ0) is 22.3. The van der Waals surface area contributed by atoms with Gasteiger partial charge in [0.1, 0.15) is 5.75 Å². The second-order valence-electron chi connectivity index (χ2n) is 7.95. The highest BCUT2D eigenvalue weighted by Crippen LogP contribution is 2.30. The second-order valence-corrected chi connectivity index (χ2v) is 8.39. The average Bonchev–Trinajstić information content (AvgIpc) is 2.83. The van der Waals surface area contributed by atoms with E-state index in [9.17, 15) is 4.79 Å². The smallest absolute Gasteiger partial charge is 0.238 e. The molecule has 3 aromatic carbocycles. The summed E-state index contributed by atoms with van der Waals surface area (Å²) in [4.78, 5) is 17.2. The zero-order valence-corrected chi connectivity index (χ0v) is 19.0. The minimum absolute atomic E-state index is 0.000859. The highest BCUT2D eigenvalue weighted by molar-refractivity contribution is 6.30. The van der Waals surface area contributed by atoms with Crippen LogP contribution in [0.1, 0.15) is 17.2 Å². The van der Waals surface area contributed by atoms with Crippen molar-refractivity contribution in [2.75, 3.05) is 45.2 Å². The van der Waals surface area contributed by atoms with E-state index in [0.29, 0.717) is 6.54 Å². The monoisotopic (exact) mass is 449 g/mol. The number of hydrogen-bond acceptors (Lipinski definition) is 4. The molecule has 1 heterocycles. The van der Waals surface area contributed by atoms with E-state index >= 15 is 0 Å². The minimum Gasteiger partial charge on any atom is -0.497 e. The summed E-state index contributed by atoms with van der Waals surface area (Å²) in [5, 5.41) is 3.71. The number of nitrogens with one attached hydrogen (secondary N) is 1. The molecule has 32 heavy (non-hydrogen) atoms. The lowest BCUT2D eigenvalue weighted by Crippen LogP contribution is -2.49. The Morgan fingerprint density at radius 3 is 2.16 bits per heavy atom. The lowest BCUT2D eigenvalue weighted by atomic mass is 9.96. The maximum absolute atomic E-state index is 12.5. The van der Waals surface area contributed by atoms with Crippen LogP contribution in [0, 0.1) is 0 Å². The largest absolute Gasteiger partial charge is 0.497 e. The number of carbonyl (C=O) groups excluding carboxylic acids is 1. The number of piperazine rings is 1. The Morgan fingerprint density at radius 2 is 1.53 bits per heavy atom. The molecule has 0 aromatic heterocycles. The van der Waals surface area contributed by atoms with Crippen LogP contribution in [0.5, 0.6) is 5.75 Å². The molecule has 1 N–H and O–H groups in total. The van der Waals surface area contributed by atoms with E-state index in [2.05, 4.69) is 51.5 Å². The van der Waals surface area contributed by atoms with Gasteiger partial charge < -0.3 is 10.1 Å². The molecule has 0 aliphatic carbocycles. The van der Waals surface area contributed by atoms with E-state index in [4.69, 9.17) is 16.3 Å². The Hall–Kier alpha value is -2.86. The molecule has 4 rings (SSSR count). The van der Waals surface area contributed by atoms with Crippen LogP contribution in [0.2, 0.25) is 5.02 Å². The highest BCUT2D eigenvalue weighted by atomic mass is 35.5. The van der Waals surface area contributed by atoms with Crippen LogP contribution in [0.3, 0.4) is 0 Å². The van der Waals surface area contributed by atoms with Gasteiger partial charge in [-0.05, 0) is 47.5 Å². The topological polar surface area (TPSA) is 44.8 Å². The average molecular weight is 450 g/mol. The van der Waals surface area contributed by atoms with Crippen molar-refractivity contribution in [3.63, 3.8) is 0 Å². The summed E-state index contributed by atoms with van der Waals surface area (Å²) in [6.45, 7) is 3.84. The molecule has 1 aliphatic rings. The first kappa shape index (κ1) is 22.3. The molecule has 0 spiro atoms. The number of amides is 1. The predicted molar refractivity (Wildman–Crippen MR) is 129 cm³/mol. The van der Waals surface area contributed by atoms with Crippen LogP contribution in [-0.2, 0) is 4.79 Å². The van der Waals surface area contributed by atoms with Crippen LogP contribution < -0.4 is 10.1 Å². The molecule has 1 amide bonds. The molecule has 0 radical (unpaired) electrons. The van der Waals surface area contributed by atoms with E-state index in [1.807, 2.05) is 42.5 Å². The van der Waals surface area contributed by atoms with Crippen molar-refractivity contribution in [1.82, 2.24) is 9.80 Å². The number of rotatable bonds is 7. The maximum Gasteiger partial charge on any atom is 0.238 e. The van der Waals surface area contributed by atoms with E-state index in [0.717, 1.165) is 42.6 Å². The molecular weight excluding hydrogens is 422 g/mol.